The molecule has 1 aromatic heterocycles. The molecule has 0 spiro atoms. The largest absolute Gasteiger partial charge is 0.311 e. The fourth-order valence-electron chi connectivity index (χ4n) is 1.84. The van der Waals surface area contributed by atoms with E-state index in [4.69, 9.17) is 11.6 Å². The summed E-state index contributed by atoms with van der Waals surface area (Å²) in [6.45, 7) is 5.00. The summed E-state index contributed by atoms with van der Waals surface area (Å²) in [5.74, 6) is 1.15. The van der Waals surface area contributed by atoms with Crippen molar-refractivity contribution >= 4 is 23.2 Å². The van der Waals surface area contributed by atoms with Crippen molar-refractivity contribution in [3.63, 3.8) is 0 Å². The number of benzene rings is 1. The molecular formula is C14H16ClN3. The van der Waals surface area contributed by atoms with Crippen molar-refractivity contribution in [1.82, 2.24) is 9.97 Å². The zero-order valence-corrected chi connectivity index (χ0v) is 11.4. The van der Waals surface area contributed by atoms with Crippen molar-refractivity contribution in [2.24, 2.45) is 0 Å². The number of aryl methyl sites for hydroxylation is 1. The number of rotatable bonds is 4. The summed E-state index contributed by atoms with van der Waals surface area (Å²) in [4.78, 5) is 10.8. The van der Waals surface area contributed by atoms with E-state index in [1.54, 1.807) is 12.4 Å². The zero-order valence-electron chi connectivity index (χ0n) is 10.6. The molecule has 1 aromatic carbocycles. The van der Waals surface area contributed by atoms with E-state index in [0.29, 0.717) is 11.8 Å². The predicted octanol–water partition coefficient (Wildman–Crippen LogP) is 3.68. The second-order valence-corrected chi connectivity index (χ2v) is 4.32. The number of hydrogen-bond acceptors (Lipinski definition) is 3. The van der Waals surface area contributed by atoms with Gasteiger partial charge in [0, 0.05) is 30.2 Å². The Balaban J connectivity index is 2.36. The number of para-hydroxylation sites is 1. The maximum Gasteiger partial charge on any atom is 0.229 e. The van der Waals surface area contributed by atoms with E-state index in [9.17, 15) is 0 Å². The van der Waals surface area contributed by atoms with Gasteiger partial charge in [0.2, 0.25) is 5.95 Å². The quantitative estimate of drug-likeness (QED) is 0.786. The van der Waals surface area contributed by atoms with Crippen molar-refractivity contribution in [1.29, 1.82) is 0 Å². The van der Waals surface area contributed by atoms with Gasteiger partial charge in [-0.1, -0.05) is 18.2 Å². The standard InChI is InChI=1S/C14H16ClN3/c1-3-18(13-7-5-4-6-11(13)2)14-16-9-12(8-15)10-17-14/h4-7,9-10H,3,8H2,1-2H3. The van der Waals surface area contributed by atoms with Gasteiger partial charge in [0.15, 0.2) is 0 Å². The smallest absolute Gasteiger partial charge is 0.229 e. The van der Waals surface area contributed by atoms with E-state index < -0.39 is 0 Å². The van der Waals surface area contributed by atoms with Crippen LogP contribution in [0.25, 0.3) is 0 Å². The number of alkyl halides is 1. The van der Waals surface area contributed by atoms with Gasteiger partial charge >= 0.3 is 0 Å². The van der Waals surface area contributed by atoms with Crippen molar-refractivity contribution in [2.75, 3.05) is 11.4 Å². The van der Waals surface area contributed by atoms with E-state index >= 15 is 0 Å². The van der Waals surface area contributed by atoms with E-state index in [0.717, 1.165) is 17.8 Å². The van der Waals surface area contributed by atoms with E-state index in [1.807, 2.05) is 12.1 Å². The van der Waals surface area contributed by atoms with Crippen LogP contribution in [0.4, 0.5) is 11.6 Å². The van der Waals surface area contributed by atoms with Crippen molar-refractivity contribution in [3.8, 4) is 0 Å². The lowest BCUT2D eigenvalue weighted by Crippen LogP contribution is -2.19. The van der Waals surface area contributed by atoms with Gasteiger partial charge in [0.25, 0.3) is 0 Å². The molecule has 0 unspecified atom stereocenters. The van der Waals surface area contributed by atoms with Gasteiger partial charge in [0.05, 0.1) is 5.88 Å². The molecule has 18 heavy (non-hydrogen) atoms. The summed E-state index contributed by atoms with van der Waals surface area (Å²) >= 11 is 5.74. The van der Waals surface area contributed by atoms with Crippen LogP contribution < -0.4 is 4.90 Å². The third kappa shape index (κ3) is 2.62. The molecule has 0 aliphatic carbocycles. The highest BCUT2D eigenvalue weighted by Gasteiger charge is 2.11. The molecule has 2 aromatic rings. The van der Waals surface area contributed by atoms with Gasteiger partial charge in [-0.2, -0.15) is 0 Å². The molecule has 0 aliphatic heterocycles. The summed E-state index contributed by atoms with van der Waals surface area (Å²) in [6, 6.07) is 8.23. The Bertz CT molecular complexity index is 511. The van der Waals surface area contributed by atoms with Gasteiger partial charge in [-0.3, -0.25) is 0 Å². The molecule has 0 radical (unpaired) electrons. The Morgan fingerprint density at radius 3 is 2.39 bits per heavy atom. The lowest BCUT2D eigenvalue weighted by atomic mass is 10.2. The first-order valence-electron chi connectivity index (χ1n) is 5.96. The summed E-state index contributed by atoms with van der Waals surface area (Å²) in [7, 11) is 0. The summed E-state index contributed by atoms with van der Waals surface area (Å²) in [6.07, 6.45) is 3.55. The number of aromatic nitrogens is 2. The van der Waals surface area contributed by atoms with Crippen molar-refractivity contribution in [3.05, 3.63) is 47.8 Å². The molecule has 0 atom stereocenters. The summed E-state index contributed by atoms with van der Waals surface area (Å²) < 4.78 is 0. The van der Waals surface area contributed by atoms with Crippen LogP contribution in [0, 0.1) is 6.92 Å². The van der Waals surface area contributed by atoms with Gasteiger partial charge < -0.3 is 4.90 Å². The summed E-state index contributed by atoms with van der Waals surface area (Å²) in [5, 5.41) is 0. The van der Waals surface area contributed by atoms with Gasteiger partial charge in [-0.15, -0.1) is 11.6 Å². The van der Waals surface area contributed by atoms with Crippen LogP contribution in [0.3, 0.4) is 0 Å². The minimum Gasteiger partial charge on any atom is -0.311 e. The number of nitrogens with zero attached hydrogens (tertiary/aromatic N) is 3. The lowest BCUT2D eigenvalue weighted by molar-refractivity contribution is 0.934. The van der Waals surface area contributed by atoms with Gasteiger partial charge in [-0.25, -0.2) is 9.97 Å². The van der Waals surface area contributed by atoms with Crippen LogP contribution in [0.15, 0.2) is 36.7 Å². The fourth-order valence-corrected chi connectivity index (χ4v) is 1.98. The van der Waals surface area contributed by atoms with Crippen LogP contribution in [-0.2, 0) is 5.88 Å². The van der Waals surface area contributed by atoms with Crippen molar-refractivity contribution in [2.45, 2.75) is 19.7 Å². The van der Waals surface area contributed by atoms with Gasteiger partial charge in [-0.05, 0) is 25.5 Å². The third-order valence-electron chi connectivity index (χ3n) is 2.81. The average Bonchev–Trinajstić information content (AvgIpc) is 2.42. The van der Waals surface area contributed by atoms with Crippen LogP contribution in [0.2, 0.25) is 0 Å². The number of halogens is 1. The molecule has 94 valence electrons. The van der Waals surface area contributed by atoms with E-state index in [-0.39, 0.29) is 0 Å². The highest BCUT2D eigenvalue weighted by atomic mass is 35.5. The normalized spacial score (nSPS) is 10.4. The molecule has 2 rings (SSSR count). The first-order chi connectivity index (χ1) is 8.76. The SMILES string of the molecule is CCN(c1ncc(CCl)cn1)c1ccccc1C. The molecule has 4 heteroatoms. The first-order valence-corrected chi connectivity index (χ1v) is 6.49. The van der Waals surface area contributed by atoms with E-state index in [2.05, 4.69) is 40.8 Å². The fraction of sp³-hybridized carbons (Fsp3) is 0.286. The predicted molar refractivity (Wildman–Crippen MR) is 75.4 cm³/mol. The molecule has 0 bridgehead atoms. The second kappa shape index (κ2) is 5.83. The number of anilines is 2. The minimum atomic E-state index is 0.441. The topological polar surface area (TPSA) is 29.0 Å². The zero-order chi connectivity index (χ0) is 13.0. The van der Waals surface area contributed by atoms with Crippen LogP contribution in [-0.4, -0.2) is 16.5 Å². The monoisotopic (exact) mass is 261 g/mol. The lowest BCUT2D eigenvalue weighted by Gasteiger charge is -2.22. The second-order valence-electron chi connectivity index (χ2n) is 4.06. The molecular weight excluding hydrogens is 246 g/mol. The molecule has 0 amide bonds. The molecule has 3 nitrogen and oxygen atoms in total. The van der Waals surface area contributed by atoms with Crippen LogP contribution >= 0.6 is 11.6 Å². The van der Waals surface area contributed by atoms with Crippen LogP contribution in [0.5, 0.6) is 0 Å². The average molecular weight is 262 g/mol. The number of hydrogen-bond donors (Lipinski definition) is 0. The van der Waals surface area contributed by atoms with Crippen LogP contribution in [0.1, 0.15) is 18.1 Å². The third-order valence-corrected chi connectivity index (χ3v) is 3.12. The highest BCUT2D eigenvalue weighted by Crippen LogP contribution is 2.24. The molecule has 0 fully saturated rings. The first kappa shape index (κ1) is 12.8. The molecule has 1 heterocycles. The van der Waals surface area contributed by atoms with E-state index in [1.165, 1.54) is 5.56 Å². The minimum absolute atomic E-state index is 0.441. The Morgan fingerprint density at radius 1 is 1.17 bits per heavy atom. The van der Waals surface area contributed by atoms with Crippen molar-refractivity contribution < 1.29 is 0 Å². The molecule has 0 aliphatic rings. The summed E-state index contributed by atoms with van der Waals surface area (Å²) in [5.41, 5.74) is 3.28. The molecule has 0 saturated carbocycles. The maximum absolute atomic E-state index is 5.74. The van der Waals surface area contributed by atoms with Gasteiger partial charge in [0.1, 0.15) is 0 Å². The maximum atomic E-state index is 5.74. The Kier molecular flexibility index (Phi) is 4.15. The Labute approximate surface area is 112 Å². The highest BCUT2D eigenvalue weighted by molar-refractivity contribution is 6.17. The molecule has 0 N–H and O–H groups in total. The Morgan fingerprint density at radius 2 is 1.83 bits per heavy atom. The Hall–Kier alpha value is -1.61. The molecule has 0 saturated heterocycles.